The molecule has 4 heteroatoms. The number of hydrogen-bond donors (Lipinski definition) is 2. The molecule has 1 aliphatic carbocycles. The number of piperidine rings is 1. The topological polar surface area (TPSA) is 56.5 Å². The number of nitrogens with one attached hydrogen (secondary N) is 1. The third kappa shape index (κ3) is 2.87. The summed E-state index contributed by atoms with van der Waals surface area (Å²) in [4.78, 5) is 0. The molecule has 1 aromatic rings. The Bertz CT molecular complexity index is 498. The Labute approximate surface area is 127 Å². The molecular weight excluding hydrogens is 264 g/mol. The Morgan fingerprint density at radius 3 is 2.48 bits per heavy atom. The minimum Gasteiger partial charge on any atom is -0.493 e. The van der Waals surface area contributed by atoms with E-state index in [1.807, 2.05) is 0 Å². The SMILES string of the molecule is COc1cc2c(cc1OC)C(N)C(CC1CCNCC1)C2. The molecule has 1 aromatic carbocycles. The van der Waals surface area contributed by atoms with E-state index in [4.69, 9.17) is 15.2 Å². The van der Waals surface area contributed by atoms with Gasteiger partial charge in [0.25, 0.3) is 0 Å². The van der Waals surface area contributed by atoms with Gasteiger partial charge in [-0.15, -0.1) is 0 Å². The van der Waals surface area contributed by atoms with Crippen LogP contribution in [-0.4, -0.2) is 27.3 Å². The molecule has 2 aliphatic rings. The van der Waals surface area contributed by atoms with Gasteiger partial charge in [-0.3, -0.25) is 0 Å². The minimum atomic E-state index is 0.134. The van der Waals surface area contributed by atoms with Crippen LogP contribution in [0.15, 0.2) is 12.1 Å². The van der Waals surface area contributed by atoms with Crippen molar-refractivity contribution in [3.8, 4) is 11.5 Å². The zero-order valence-corrected chi connectivity index (χ0v) is 13.0. The number of ether oxygens (including phenoxy) is 2. The van der Waals surface area contributed by atoms with Gasteiger partial charge in [-0.25, -0.2) is 0 Å². The van der Waals surface area contributed by atoms with E-state index >= 15 is 0 Å². The number of nitrogens with two attached hydrogens (primary N) is 1. The molecule has 0 aromatic heterocycles. The summed E-state index contributed by atoms with van der Waals surface area (Å²) in [6.07, 6.45) is 4.88. The summed E-state index contributed by atoms with van der Waals surface area (Å²) in [5.41, 5.74) is 9.09. The van der Waals surface area contributed by atoms with Crippen LogP contribution in [-0.2, 0) is 6.42 Å². The van der Waals surface area contributed by atoms with E-state index in [9.17, 15) is 0 Å². The molecule has 0 amide bonds. The Balaban J connectivity index is 1.76. The van der Waals surface area contributed by atoms with Crippen molar-refractivity contribution in [2.24, 2.45) is 17.6 Å². The number of methoxy groups -OCH3 is 2. The summed E-state index contributed by atoms with van der Waals surface area (Å²) in [6.45, 7) is 2.31. The number of fused-ring (bicyclic) bond motifs is 1. The summed E-state index contributed by atoms with van der Waals surface area (Å²) in [5.74, 6) is 2.97. The normalized spacial score (nSPS) is 25.7. The van der Waals surface area contributed by atoms with Gasteiger partial charge in [0.05, 0.1) is 14.2 Å². The fourth-order valence-corrected chi connectivity index (χ4v) is 3.86. The molecule has 21 heavy (non-hydrogen) atoms. The minimum absolute atomic E-state index is 0.134. The highest BCUT2D eigenvalue weighted by Gasteiger charge is 2.33. The van der Waals surface area contributed by atoms with Crippen molar-refractivity contribution in [1.29, 1.82) is 0 Å². The van der Waals surface area contributed by atoms with E-state index in [0.717, 1.165) is 36.9 Å². The summed E-state index contributed by atoms with van der Waals surface area (Å²) in [7, 11) is 3.36. The molecule has 2 atom stereocenters. The number of benzene rings is 1. The Hall–Kier alpha value is -1.26. The van der Waals surface area contributed by atoms with Crippen LogP contribution in [0.1, 0.15) is 36.4 Å². The molecule has 0 radical (unpaired) electrons. The third-order valence-corrected chi connectivity index (χ3v) is 5.09. The van der Waals surface area contributed by atoms with Gasteiger partial charge in [0, 0.05) is 6.04 Å². The monoisotopic (exact) mass is 290 g/mol. The lowest BCUT2D eigenvalue weighted by Crippen LogP contribution is -2.30. The summed E-state index contributed by atoms with van der Waals surface area (Å²) >= 11 is 0. The molecule has 1 heterocycles. The summed E-state index contributed by atoms with van der Waals surface area (Å²) < 4.78 is 10.8. The first-order valence-electron chi connectivity index (χ1n) is 7.94. The van der Waals surface area contributed by atoms with Gasteiger partial charge >= 0.3 is 0 Å². The van der Waals surface area contributed by atoms with Crippen LogP contribution in [0.2, 0.25) is 0 Å². The number of hydrogen-bond acceptors (Lipinski definition) is 4. The highest BCUT2D eigenvalue weighted by atomic mass is 16.5. The van der Waals surface area contributed by atoms with Gasteiger partial charge in [-0.2, -0.15) is 0 Å². The average Bonchev–Trinajstić information content (AvgIpc) is 2.82. The summed E-state index contributed by atoms with van der Waals surface area (Å²) in [6, 6.07) is 4.31. The quantitative estimate of drug-likeness (QED) is 0.893. The van der Waals surface area contributed by atoms with Crippen molar-refractivity contribution in [1.82, 2.24) is 5.32 Å². The van der Waals surface area contributed by atoms with Gasteiger partial charge in [0.2, 0.25) is 0 Å². The fraction of sp³-hybridized carbons (Fsp3) is 0.647. The van der Waals surface area contributed by atoms with E-state index in [1.165, 1.54) is 30.4 Å². The zero-order valence-electron chi connectivity index (χ0n) is 13.0. The molecule has 2 unspecified atom stereocenters. The van der Waals surface area contributed by atoms with Crippen molar-refractivity contribution in [2.45, 2.75) is 31.7 Å². The van der Waals surface area contributed by atoms with E-state index < -0.39 is 0 Å². The lowest BCUT2D eigenvalue weighted by Gasteiger charge is -2.27. The molecule has 1 aliphatic heterocycles. The van der Waals surface area contributed by atoms with Crippen LogP contribution < -0.4 is 20.5 Å². The van der Waals surface area contributed by atoms with Crippen molar-refractivity contribution in [3.05, 3.63) is 23.3 Å². The lowest BCUT2D eigenvalue weighted by atomic mass is 9.85. The smallest absolute Gasteiger partial charge is 0.161 e. The van der Waals surface area contributed by atoms with E-state index in [-0.39, 0.29) is 6.04 Å². The molecule has 4 nitrogen and oxygen atoms in total. The van der Waals surface area contributed by atoms with Crippen LogP contribution in [0.25, 0.3) is 0 Å². The predicted molar refractivity (Wildman–Crippen MR) is 83.9 cm³/mol. The molecule has 3 rings (SSSR count). The average molecular weight is 290 g/mol. The van der Waals surface area contributed by atoms with Gasteiger partial charge in [-0.05, 0) is 73.9 Å². The maximum atomic E-state index is 6.51. The molecule has 1 fully saturated rings. The van der Waals surface area contributed by atoms with Gasteiger partial charge < -0.3 is 20.5 Å². The molecule has 0 saturated carbocycles. The van der Waals surface area contributed by atoms with Crippen molar-refractivity contribution in [2.75, 3.05) is 27.3 Å². The third-order valence-electron chi connectivity index (χ3n) is 5.09. The molecule has 0 spiro atoms. The molecule has 0 bridgehead atoms. The maximum Gasteiger partial charge on any atom is 0.161 e. The number of rotatable bonds is 4. The first-order chi connectivity index (χ1) is 10.2. The van der Waals surface area contributed by atoms with E-state index in [1.54, 1.807) is 14.2 Å². The van der Waals surface area contributed by atoms with Gasteiger partial charge in [0.15, 0.2) is 11.5 Å². The summed E-state index contributed by atoms with van der Waals surface area (Å²) in [5, 5.41) is 3.43. The second-order valence-electron chi connectivity index (χ2n) is 6.33. The first kappa shape index (κ1) is 14.7. The van der Waals surface area contributed by atoms with Crippen LogP contribution in [0.5, 0.6) is 11.5 Å². The Kier molecular flexibility index (Phi) is 4.36. The van der Waals surface area contributed by atoms with Crippen LogP contribution >= 0.6 is 0 Å². The van der Waals surface area contributed by atoms with E-state index in [0.29, 0.717) is 5.92 Å². The molecule has 1 saturated heterocycles. The van der Waals surface area contributed by atoms with Crippen LogP contribution in [0, 0.1) is 11.8 Å². The van der Waals surface area contributed by atoms with Gasteiger partial charge in [-0.1, -0.05) is 0 Å². The molecule has 3 N–H and O–H groups in total. The Morgan fingerprint density at radius 1 is 1.14 bits per heavy atom. The second kappa shape index (κ2) is 6.24. The van der Waals surface area contributed by atoms with Crippen LogP contribution in [0.3, 0.4) is 0 Å². The van der Waals surface area contributed by atoms with E-state index in [2.05, 4.69) is 17.4 Å². The molecular formula is C17H26N2O2. The fourth-order valence-electron chi connectivity index (χ4n) is 3.86. The zero-order chi connectivity index (χ0) is 14.8. The Morgan fingerprint density at radius 2 is 1.81 bits per heavy atom. The van der Waals surface area contributed by atoms with Crippen LogP contribution in [0.4, 0.5) is 0 Å². The standard InChI is InChI=1S/C17H26N2O2/c1-20-15-9-12-8-13(7-11-3-5-19-6-4-11)17(18)14(12)10-16(15)21-2/h9-11,13,17,19H,3-8,18H2,1-2H3. The van der Waals surface area contributed by atoms with Crippen molar-refractivity contribution < 1.29 is 9.47 Å². The maximum absolute atomic E-state index is 6.51. The lowest BCUT2D eigenvalue weighted by molar-refractivity contribution is 0.283. The largest absolute Gasteiger partial charge is 0.493 e. The first-order valence-corrected chi connectivity index (χ1v) is 7.94. The highest BCUT2D eigenvalue weighted by Crippen LogP contribution is 2.43. The predicted octanol–water partition coefficient (Wildman–Crippen LogP) is 2.27. The van der Waals surface area contributed by atoms with Crippen molar-refractivity contribution >= 4 is 0 Å². The second-order valence-corrected chi connectivity index (χ2v) is 6.33. The van der Waals surface area contributed by atoms with Crippen molar-refractivity contribution in [3.63, 3.8) is 0 Å². The van der Waals surface area contributed by atoms with Gasteiger partial charge in [0.1, 0.15) is 0 Å². The molecule has 116 valence electrons. The highest BCUT2D eigenvalue weighted by molar-refractivity contribution is 5.50.